The van der Waals surface area contributed by atoms with Crippen molar-refractivity contribution >= 4 is 17.6 Å². The van der Waals surface area contributed by atoms with Gasteiger partial charge in [-0.05, 0) is 30.9 Å². The molecule has 0 bridgehead atoms. The fourth-order valence-corrected chi connectivity index (χ4v) is 1.67. The largest absolute Gasteiger partial charge is 0.338 e. The van der Waals surface area contributed by atoms with Crippen LogP contribution < -0.4 is 10.6 Å². The number of hydrogen-bond acceptors (Lipinski definition) is 1. The van der Waals surface area contributed by atoms with Crippen LogP contribution in [0.25, 0.3) is 0 Å². The summed E-state index contributed by atoms with van der Waals surface area (Å²) in [5, 5.41) is 5.57. The van der Waals surface area contributed by atoms with E-state index in [-0.39, 0.29) is 6.03 Å². The van der Waals surface area contributed by atoms with Gasteiger partial charge in [-0.2, -0.15) is 0 Å². The number of carbonyl (C=O) groups excluding carboxylic acids is 1. The summed E-state index contributed by atoms with van der Waals surface area (Å²) in [4.78, 5) is 11.3. The van der Waals surface area contributed by atoms with Gasteiger partial charge >= 0.3 is 6.03 Å². The molecule has 17 heavy (non-hydrogen) atoms. The zero-order chi connectivity index (χ0) is 12.5. The van der Waals surface area contributed by atoms with Crippen LogP contribution >= 0.6 is 11.6 Å². The minimum atomic E-state index is -0.122. The van der Waals surface area contributed by atoms with Gasteiger partial charge in [0.05, 0.1) is 0 Å². The van der Waals surface area contributed by atoms with Crippen molar-refractivity contribution in [1.82, 2.24) is 10.6 Å². The second kappa shape index (κ2) is 7.96. The van der Waals surface area contributed by atoms with Gasteiger partial charge in [0.1, 0.15) is 0 Å². The van der Waals surface area contributed by atoms with Gasteiger partial charge in [-0.1, -0.05) is 24.3 Å². The average molecular weight is 255 g/mol. The van der Waals surface area contributed by atoms with Crippen molar-refractivity contribution in [2.45, 2.75) is 19.8 Å². The maximum atomic E-state index is 11.3. The Morgan fingerprint density at radius 3 is 2.65 bits per heavy atom. The predicted octanol–water partition coefficient (Wildman–Crippen LogP) is 2.47. The smallest absolute Gasteiger partial charge is 0.314 e. The highest BCUT2D eigenvalue weighted by atomic mass is 35.5. The van der Waals surface area contributed by atoms with Crippen LogP contribution in [0.5, 0.6) is 0 Å². The van der Waals surface area contributed by atoms with Crippen molar-refractivity contribution in [3.05, 3.63) is 35.4 Å². The Hall–Kier alpha value is -1.22. The Kier molecular flexibility index (Phi) is 6.48. The third kappa shape index (κ3) is 5.59. The number of amides is 2. The molecule has 2 N–H and O–H groups in total. The SMILES string of the molecule is Cc1ccccc1CCNC(=O)NCCCCl. The summed E-state index contributed by atoms with van der Waals surface area (Å²) in [5.41, 5.74) is 2.53. The van der Waals surface area contributed by atoms with Crippen molar-refractivity contribution in [2.24, 2.45) is 0 Å². The quantitative estimate of drug-likeness (QED) is 0.594. The van der Waals surface area contributed by atoms with Gasteiger partial charge in [0.15, 0.2) is 0 Å². The van der Waals surface area contributed by atoms with Gasteiger partial charge in [0.2, 0.25) is 0 Å². The first-order valence-electron chi connectivity index (χ1n) is 5.86. The molecule has 0 fully saturated rings. The molecule has 0 saturated heterocycles. The summed E-state index contributed by atoms with van der Waals surface area (Å²) in [6.45, 7) is 3.35. The molecular formula is C13H19ClN2O. The van der Waals surface area contributed by atoms with E-state index in [4.69, 9.17) is 11.6 Å². The number of aryl methyl sites for hydroxylation is 1. The first-order chi connectivity index (χ1) is 8.24. The second-order valence-corrected chi connectivity index (χ2v) is 4.28. The van der Waals surface area contributed by atoms with E-state index in [1.165, 1.54) is 11.1 Å². The van der Waals surface area contributed by atoms with E-state index in [9.17, 15) is 4.79 Å². The Balaban J connectivity index is 2.19. The third-order valence-corrected chi connectivity index (χ3v) is 2.80. The van der Waals surface area contributed by atoms with Crippen molar-refractivity contribution in [3.63, 3.8) is 0 Å². The summed E-state index contributed by atoms with van der Waals surface area (Å²) >= 11 is 5.52. The van der Waals surface area contributed by atoms with Crippen LogP contribution in [0, 0.1) is 6.92 Å². The van der Waals surface area contributed by atoms with Crippen molar-refractivity contribution in [1.29, 1.82) is 0 Å². The van der Waals surface area contributed by atoms with E-state index in [1.54, 1.807) is 0 Å². The van der Waals surface area contributed by atoms with Crippen LogP contribution in [0.2, 0.25) is 0 Å². The van der Waals surface area contributed by atoms with Crippen LogP contribution in [-0.2, 0) is 6.42 Å². The number of rotatable bonds is 6. The lowest BCUT2D eigenvalue weighted by Crippen LogP contribution is -2.37. The second-order valence-electron chi connectivity index (χ2n) is 3.90. The van der Waals surface area contributed by atoms with E-state index >= 15 is 0 Å². The summed E-state index contributed by atoms with van der Waals surface area (Å²) in [6, 6.07) is 8.08. The Morgan fingerprint density at radius 2 is 1.94 bits per heavy atom. The summed E-state index contributed by atoms with van der Waals surface area (Å²) < 4.78 is 0. The standard InChI is InChI=1S/C13H19ClN2O/c1-11-5-2-3-6-12(11)7-10-16-13(17)15-9-4-8-14/h2-3,5-6H,4,7-10H2,1H3,(H2,15,16,17). The van der Waals surface area contributed by atoms with Crippen LogP contribution in [-0.4, -0.2) is 25.0 Å². The summed E-state index contributed by atoms with van der Waals surface area (Å²) in [7, 11) is 0. The highest BCUT2D eigenvalue weighted by Gasteiger charge is 2.00. The highest BCUT2D eigenvalue weighted by Crippen LogP contribution is 2.06. The molecule has 0 aliphatic heterocycles. The van der Waals surface area contributed by atoms with Gasteiger partial charge in [-0.25, -0.2) is 4.79 Å². The number of urea groups is 1. The summed E-state index contributed by atoms with van der Waals surface area (Å²) in [6.07, 6.45) is 1.66. The number of benzene rings is 1. The van der Waals surface area contributed by atoms with Crippen molar-refractivity contribution in [2.75, 3.05) is 19.0 Å². The van der Waals surface area contributed by atoms with Crippen LogP contribution in [0.1, 0.15) is 17.5 Å². The summed E-state index contributed by atoms with van der Waals surface area (Å²) in [5.74, 6) is 0.573. The lowest BCUT2D eigenvalue weighted by molar-refractivity contribution is 0.241. The molecule has 2 amide bonds. The molecule has 0 aliphatic rings. The first kappa shape index (κ1) is 13.8. The molecule has 4 heteroatoms. The number of alkyl halides is 1. The molecule has 3 nitrogen and oxygen atoms in total. The fourth-order valence-electron chi connectivity index (χ4n) is 1.53. The Labute approximate surface area is 108 Å². The molecule has 0 heterocycles. The molecule has 0 atom stereocenters. The van der Waals surface area contributed by atoms with Gasteiger partial charge in [0.25, 0.3) is 0 Å². The van der Waals surface area contributed by atoms with Crippen LogP contribution in [0.15, 0.2) is 24.3 Å². The maximum Gasteiger partial charge on any atom is 0.314 e. The Bertz CT molecular complexity index is 355. The molecule has 94 valence electrons. The van der Waals surface area contributed by atoms with Gasteiger partial charge in [-0.3, -0.25) is 0 Å². The highest BCUT2D eigenvalue weighted by molar-refractivity contribution is 6.17. The molecule has 0 unspecified atom stereocenters. The van der Waals surface area contributed by atoms with E-state index in [0.717, 1.165) is 12.8 Å². The van der Waals surface area contributed by atoms with Crippen molar-refractivity contribution in [3.8, 4) is 0 Å². The first-order valence-corrected chi connectivity index (χ1v) is 6.39. The van der Waals surface area contributed by atoms with E-state index in [2.05, 4.69) is 29.7 Å². The number of hydrogen-bond donors (Lipinski definition) is 2. The van der Waals surface area contributed by atoms with Gasteiger partial charge in [-0.15, -0.1) is 11.6 Å². The number of carbonyl (C=O) groups is 1. The molecule has 0 radical (unpaired) electrons. The minimum Gasteiger partial charge on any atom is -0.338 e. The topological polar surface area (TPSA) is 41.1 Å². The lowest BCUT2D eigenvalue weighted by atomic mass is 10.1. The fraction of sp³-hybridized carbons (Fsp3) is 0.462. The van der Waals surface area contributed by atoms with Gasteiger partial charge in [0, 0.05) is 19.0 Å². The minimum absolute atomic E-state index is 0.122. The number of halogens is 1. The van der Waals surface area contributed by atoms with E-state index in [0.29, 0.717) is 19.0 Å². The molecule has 0 aromatic heterocycles. The van der Waals surface area contributed by atoms with E-state index in [1.807, 2.05) is 12.1 Å². The van der Waals surface area contributed by atoms with Crippen molar-refractivity contribution < 1.29 is 4.79 Å². The molecule has 0 spiro atoms. The van der Waals surface area contributed by atoms with Gasteiger partial charge < -0.3 is 10.6 Å². The molecule has 1 rings (SSSR count). The van der Waals surface area contributed by atoms with Crippen LogP contribution in [0.4, 0.5) is 4.79 Å². The predicted molar refractivity (Wildman–Crippen MR) is 71.6 cm³/mol. The lowest BCUT2D eigenvalue weighted by Gasteiger charge is -2.08. The molecule has 1 aromatic rings. The number of nitrogens with one attached hydrogen (secondary N) is 2. The molecule has 0 saturated carbocycles. The van der Waals surface area contributed by atoms with Crippen LogP contribution in [0.3, 0.4) is 0 Å². The molecular weight excluding hydrogens is 236 g/mol. The van der Waals surface area contributed by atoms with E-state index < -0.39 is 0 Å². The average Bonchev–Trinajstić information content (AvgIpc) is 2.32. The maximum absolute atomic E-state index is 11.3. The normalized spacial score (nSPS) is 10.0. The zero-order valence-electron chi connectivity index (χ0n) is 10.1. The monoisotopic (exact) mass is 254 g/mol. The third-order valence-electron chi connectivity index (χ3n) is 2.54. The Morgan fingerprint density at radius 1 is 1.24 bits per heavy atom. The zero-order valence-corrected chi connectivity index (χ0v) is 10.9. The molecule has 0 aliphatic carbocycles. The molecule has 1 aromatic carbocycles.